The Kier molecular flexibility index (Phi) is 9.66. The molecular formula is C30H30F2N6O4. The maximum absolute atomic E-state index is 13.4. The maximum Gasteiger partial charge on any atom is 0.405 e. The summed E-state index contributed by atoms with van der Waals surface area (Å²) in [5, 5.41) is 20.6. The third-order valence-electron chi connectivity index (χ3n) is 6.89. The number of nitrogens with one attached hydrogen (secondary N) is 2. The van der Waals surface area contributed by atoms with Crippen molar-refractivity contribution in [3.63, 3.8) is 0 Å². The summed E-state index contributed by atoms with van der Waals surface area (Å²) in [7, 11) is 1.72. The van der Waals surface area contributed by atoms with E-state index < -0.39 is 12.4 Å². The van der Waals surface area contributed by atoms with Gasteiger partial charge in [0.05, 0.1) is 6.10 Å². The van der Waals surface area contributed by atoms with Crippen molar-refractivity contribution in [2.24, 2.45) is 5.92 Å². The van der Waals surface area contributed by atoms with E-state index in [0.29, 0.717) is 23.0 Å². The molecule has 1 saturated carbocycles. The molecule has 3 aromatic heterocycles. The average Bonchev–Trinajstić information content (AvgIpc) is 3.43. The summed E-state index contributed by atoms with van der Waals surface area (Å²) in [6.45, 7) is -0.0320. The Labute approximate surface area is 241 Å². The predicted octanol–water partition coefficient (Wildman–Crippen LogP) is 5.05. The summed E-state index contributed by atoms with van der Waals surface area (Å²) in [6.07, 6.45) is 3.72. The van der Waals surface area contributed by atoms with Crippen LogP contribution in [0, 0.1) is 29.7 Å². The van der Waals surface area contributed by atoms with Gasteiger partial charge in [-0.05, 0) is 91.3 Å². The van der Waals surface area contributed by atoms with Crippen LogP contribution in [0.3, 0.4) is 0 Å². The highest BCUT2D eigenvalue weighted by Gasteiger charge is 2.26. The molecule has 1 unspecified atom stereocenters. The van der Waals surface area contributed by atoms with Crippen LogP contribution in [0.2, 0.25) is 0 Å². The molecule has 12 heteroatoms. The van der Waals surface area contributed by atoms with E-state index in [1.165, 1.54) is 12.1 Å². The van der Waals surface area contributed by atoms with Gasteiger partial charge in [0, 0.05) is 24.9 Å². The predicted molar refractivity (Wildman–Crippen MR) is 150 cm³/mol. The topological polar surface area (TPSA) is 127 Å². The second-order valence-corrected chi connectivity index (χ2v) is 9.81. The van der Waals surface area contributed by atoms with E-state index in [0.717, 1.165) is 36.8 Å². The van der Waals surface area contributed by atoms with Crippen molar-refractivity contribution in [1.29, 1.82) is 0 Å². The van der Waals surface area contributed by atoms with Gasteiger partial charge in [0.2, 0.25) is 0 Å². The van der Waals surface area contributed by atoms with Gasteiger partial charge in [-0.1, -0.05) is 11.1 Å². The average molecular weight is 577 g/mol. The van der Waals surface area contributed by atoms with Crippen LogP contribution in [-0.4, -0.2) is 51.3 Å². The Bertz CT molecular complexity index is 1530. The molecule has 1 aliphatic rings. The minimum Gasteiger partial charge on any atom is -0.381 e. The van der Waals surface area contributed by atoms with Crippen LogP contribution in [0.15, 0.2) is 59.3 Å². The van der Waals surface area contributed by atoms with Crippen LogP contribution in [0.1, 0.15) is 37.2 Å². The fourth-order valence-electron chi connectivity index (χ4n) is 4.72. The lowest BCUT2D eigenvalue weighted by Crippen LogP contribution is -2.33. The van der Waals surface area contributed by atoms with Gasteiger partial charge in [-0.3, -0.25) is 0 Å². The zero-order valence-corrected chi connectivity index (χ0v) is 22.9. The first-order valence-electron chi connectivity index (χ1n) is 13.5. The number of pyridine rings is 2. The standard InChI is InChI=1S/C30H30F2N6O4/c1-40-25-10-4-19(5-11-25)29(39)36-26-16-20(12-13-33-26)21-15-24(3-2-14-41-18-28-37-30(32)42-38-28)35-27(17-21)34-23-8-6-22(31)7-9-23/h6-9,12-13,15-17,19,25,29,39H,4-5,10-11,14,18H2,1H3,(H,33,36)(H,34,35). The van der Waals surface area contributed by atoms with E-state index in [1.54, 1.807) is 25.4 Å². The molecule has 3 N–H and O–H groups in total. The highest BCUT2D eigenvalue weighted by molar-refractivity contribution is 5.72. The van der Waals surface area contributed by atoms with Crippen molar-refractivity contribution in [2.75, 3.05) is 24.4 Å². The Morgan fingerprint density at radius 1 is 1.02 bits per heavy atom. The third-order valence-corrected chi connectivity index (χ3v) is 6.89. The number of nitrogens with zero attached hydrogens (tertiary/aromatic N) is 4. The highest BCUT2D eigenvalue weighted by Crippen LogP contribution is 2.30. The third kappa shape index (κ3) is 8.07. The number of hydrogen-bond donors (Lipinski definition) is 3. The molecule has 1 fully saturated rings. The van der Waals surface area contributed by atoms with Crippen molar-refractivity contribution >= 4 is 17.3 Å². The first kappa shape index (κ1) is 29.1. The van der Waals surface area contributed by atoms with Crippen LogP contribution >= 0.6 is 0 Å². The molecule has 0 radical (unpaired) electrons. The van der Waals surface area contributed by atoms with Gasteiger partial charge in [0.1, 0.15) is 42.6 Å². The number of ether oxygens (including phenoxy) is 2. The number of aliphatic hydroxyl groups excluding tert-OH is 1. The fourth-order valence-corrected chi connectivity index (χ4v) is 4.72. The summed E-state index contributed by atoms with van der Waals surface area (Å²) >= 11 is 0. The second kappa shape index (κ2) is 14.0. The van der Waals surface area contributed by atoms with E-state index in [1.807, 2.05) is 24.3 Å². The summed E-state index contributed by atoms with van der Waals surface area (Å²) in [4.78, 5) is 12.4. The molecule has 1 aliphatic carbocycles. The molecule has 1 aromatic carbocycles. The number of rotatable bonds is 10. The van der Waals surface area contributed by atoms with Crippen molar-refractivity contribution in [1.82, 2.24) is 20.1 Å². The molecular weight excluding hydrogens is 546 g/mol. The lowest BCUT2D eigenvalue weighted by molar-refractivity contribution is 0.0274. The molecule has 0 amide bonds. The zero-order chi connectivity index (χ0) is 29.3. The van der Waals surface area contributed by atoms with Crippen molar-refractivity contribution in [3.8, 4) is 23.0 Å². The Morgan fingerprint density at radius 2 is 1.81 bits per heavy atom. The number of anilines is 3. The van der Waals surface area contributed by atoms with E-state index in [4.69, 9.17) is 9.47 Å². The highest BCUT2D eigenvalue weighted by atomic mass is 19.1. The quantitative estimate of drug-likeness (QED) is 0.134. The van der Waals surface area contributed by atoms with Crippen LogP contribution in [0.4, 0.5) is 26.1 Å². The van der Waals surface area contributed by atoms with E-state index in [2.05, 4.69) is 47.1 Å². The van der Waals surface area contributed by atoms with E-state index in [-0.39, 0.29) is 36.9 Å². The minimum absolute atomic E-state index is 0.0241. The van der Waals surface area contributed by atoms with Crippen LogP contribution in [-0.2, 0) is 16.1 Å². The van der Waals surface area contributed by atoms with Crippen LogP contribution < -0.4 is 10.6 Å². The van der Waals surface area contributed by atoms with Crippen LogP contribution in [0.5, 0.6) is 0 Å². The summed E-state index contributed by atoms with van der Waals surface area (Å²) < 4.78 is 41.3. The first-order chi connectivity index (χ1) is 20.4. The smallest absolute Gasteiger partial charge is 0.381 e. The molecule has 0 aliphatic heterocycles. The van der Waals surface area contributed by atoms with Gasteiger partial charge in [-0.2, -0.15) is 4.98 Å². The Balaban J connectivity index is 1.33. The van der Waals surface area contributed by atoms with Crippen molar-refractivity contribution in [2.45, 2.75) is 44.6 Å². The number of halogens is 2. The molecule has 4 aromatic rings. The summed E-state index contributed by atoms with van der Waals surface area (Å²) in [5.74, 6) is 6.73. The minimum atomic E-state index is -1.03. The summed E-state index contributed by atoms with van der Waals surface area (Å²) in [5.41, 5.74) is 2.72. The molecule has 0 spiro atoms. The van der Waals surface area contributed by atoms with Gasteiger partial charge in [0.25, 0.3) is 0 Å². The maximum atomic E-state index is 13.4. The molecule has 0 bridgehead atoms. The molecule has 3 heterocycles. The Morgan fingerprint density at radius 3 is 2.55 bits per heavy atom. The zero-order valence-electron chi connectivity index (χ0n) is 22.9. The summed E-state index contributed by atoms with van der Waals surface area (Å²) in [6, 6.07) is 13.3. The molecule has 218 valence electrons. The lowest BCUT2D eigenvalue weighted by Gasteiger charge is -2.31. The molecule has 42 heavy (non-hydrogen) atoms. The van der Waals surface area contributed by atoms with Gasteiger partial charge in [-0.15, -0.1) is 4.39 Å². The van der Waals surface area contributed by atoms with Crippen molar-refractivity contribution in [3.05, 3.63) is 78.2 Å². The first-order valence-corrected chi connectivity index (χ1v) is 13.5. The number of aromatic nitrogens is 4. The fraction of sp³-hybridized carbons (Fsp3) is 0.333. The van der Waals surface area contributed by atoms with Gasteiger partial charge < -0.3 is 29.7 Å². The molecule has 5 rings (SSSR count). The Hall–Kier alpha value is -4.44. The molecule has 0 saturated heterocycles. The number of aliphatic hydroxyl groups is 1. The van der Waals surface area contributed by atoms with E-state index >= 15 is 0 Å². The van der Waals surface area contributed by atoms with Gasteiger partial charge in [-0.25, -0.2) is 14.4 Å². The molecule has 1 atom stereocenters. The second-order valence-electron chi connectivity index (χ2n) is 9.81. The van der Waals surface area contributed by atoms with Crippen molar-refractivity contribution < 1.29 is 27.9 Å². The SMILES string of the molecule is COC1CCC(C(O)Nc2cc(-c3cc(C#CCOCc4noc(F)n4)nc(Nc4ccc(F)cc4)c3)ccn2)CC1. The largest absolute Gasteiger partial charge is 0.405 e. The normalized spacial score (nSPS) is 17.2. The molecule has 10 nitrogen and oxygen atoms in total. The van der Waals surface area contributed by atoms with Gasteiger partial charge in [0.15, 0.2) is 5.82 Å². The number of benzene rings is 1. The number of methoxy groups -OCH3 is 1. The van der Waals surface area contributed by atoms with Crippen LogP contribution in [0.25, 0.3) is 11.1 Å². The van der Waals surface area contributed by atoms with Gasteiger partial charge >= 0.3 is 6.14 Å². The lowest BCUT2D eigenvalue weighted by atomic mass is 9.86. The van der Waals surface area contributed by atoms with E-state index in [9.17, 15) is 13.9 Å². The monoisotopic (exact) mass is 576 g/mol. The number of hydrogen-bond acceptors (Lipinski definition) is 10.